The molecule has 0 spiro atoms. The molecule has 0 aliphatic heterocycles. The molecule has 5 aromatic rings. The van der Waals surface area contributed by atoms with Crippen LogP contribution in [0.5, 0.6) is 0 Å². The van der Waals surface area contributed by atoms with Gasteiger partial charge >= 0.3 is 0 Å². The first kappa shape index (κ1) is 17.9. The zero-order valence-electron chi connectivity index (χ0n) is 16.5. The standard InChI is InChI=1S/C22H19N7O/c1-15(30)24-17-10-18(28-7-3-4-8-28)12-19(11-17)29-14-23-20-9-16(5-6-22(20)29)21-13-27(2)26-25-21/h3-14H,1-2H3,(H,24,30). The summed E-state index contributed by atoms with van der Waals surface area (Å²) in [5.74, 6) is -0.116. The highest BCUT2D eigenvalue weighted by atomic mass is 16.1. The Bertz CT molecular complexity index is 1360. The fraction of sp³-hybridized carbons (Fsp3) is 0.0909. The fourth-order valence-corrected chi connectivity index (χ4v) is 3.52. The number of imidazole rings is 1. The number of fused-ring (bicyclic) bond motifs is 1. The number of aromatic nitrogens is 6. The molecule has 30 heavy (non-hydrogen) atoms. The Morgan fingerprint density at radius 3 is 2.57 bits per heavy atom. The smallest absolute Gasteiger partial charge is 0.221 e. The summed E-state index contributed by atoms with van der Waals surface area (Å²) in [5, 5.41) is 11.1. The lowest BCUT2D eigenvalue weighted by atomic mass is 10.1. The molecule has 8 heteroatoms. The molecule has 2 aromatic carbocycles. The van der Waals surface area contributed by atoms with Crippen LogP contribution in [0.15, 0.2) is 73.4 Å². The predicted octanol–water partition coefficient (Wildman–Crippen LogP) is 3.57. The van der Waals surface area contributed by atoms with Gasteiger partial charge in [0.15, 0.2) is 0 Å². The highest BCUT2D eigenvalue weighted by Crippen LogP contribution is 2.27. The van der Waals surface area contributed by atoms with Gasteiger partial charge in [-0.3, -0.25) is 14.0 Å². The van der Waals surface area contributed by atoms with E-state index in [1.165, 1.54) is 6.92 Å². The molecule has 0 aliphatic rings. The second-order valence-corrected chi connectivity index (χ2v) is 7.11. The lowest BCUT2D eigenvalue weighted by Gasteiger charge is -2.12. The summed E-state index contributed by atoms with van der Waals surface area (Å²) in [4.78, 5) is 16.2. The molecule has 3 aromatic heterocycles. The molecule has 0 saturated heterocycles. The Kier molecular flexibility index (Phi) is 4.17. The van der Waals surface area contributed by atoms with E-state index in [0.29, 0.717) is 0 Å². The van der Waals surface area contributed by atoms with Gasteiger partial charge in [-0.05, 0) is 42.5 Å². The third kappa shape index (κ3) is 3.24. The summed E-state index contributed by atoms with van der Waals surface area (Å²) in [7, 11) is 1.84. The summed E-state index contributed by atoms with van der Waals surface area (Å²) in [6.45, 7) is 1.50. The van der Waals surface area contributed by atoms with Crippen LogP contribution >= 0.6 is 0 Å². The lowest BCUT2D eigenvalue weighted by molar-refractivity contribution is -0.114. The lowest BCUT2D eigenvalue weighted by Crippen LogP contribution is -2.07. The van der Waals surface area contributed by atoms with Gasteiger partial charge in [-0.15, -0.1) is 5.10 Å². The van der Waals surface area contributed by atoms with Crippen molar-refractivity contribution in [2.45, 2.75) is 6.92 Å². The van der Waals surface area contributed by atoms with E-state index >= 15 is 0 Å². The molecule has 0 bridgehead atoms. The number of nitrogens with zero attached hydrogens (tertiary/aromatic N) is 6. The van der Waals surface area contributed by atoms with Gasteiger partial charge in [0, 0.05) is 43.3 Å². The normalized spacial score (nSPS) is 11.1. The molecule has 0 atom stereocenters. The van der Waals surface area contributed by atoms with E-state index < -0.39 is 0 Å². The number of anilines is 1. The Labute approximate surface area is 172 Å². The first-order valence-electron chi connectivity index (χ1n) is 9.47. The molecule has 3 heterocycles. The van der Waals surface area contributed by atoms with Crippen molar-refractivity contribution in [2.24, 2.45) is 7.05 Å². The van der Waals surface area contributed by atoms with Crippen molar-refractivity contribution in [1.82, 2.24) is 29.1 Å². The minimum atomic E-state index is -0.116. The Balaban J connectivity index is 1.62. The van der Waals surface area contributed by atoms with Crippen LogP contribution in [0.4, 0.5) is 5.69 Å². The molecule has 0 aliphatic carbocycles. The average molecular weight is 397 g/mol. The van der Waals surface area contributed by atoms with Crippen molar-refractivity contribution < 1.29 is 4.79 Å². The first-order valence-corrected chi connectivity index (χ1v) is 9.47. The van der Waals surface area contributed by atoms with Crippen molar-refractivity contribution in [2.75, 3.05) is 5.32 Å². The van der Waals surface area contributed by atoms with Crippen LogP contribution in [0.2, 0.25) is 0 Å². The van der Waals surface area contributed by atoms with Crippen molar-refractivity contribution >= 4 is 22.6 Å². The number of hydrogen-bond acceptors (Lipinski definition) is 4. The van der Waals surface area contributed by atoms with Gasteiger partial charge in [0.25, 0.3) is 0 Å². The highest BCUT2D eigenvalue weighted by Gasteiger charge is 2.11. The van der Waals surface area contributed by atoms with Gasteiger partial charge in [-0.1, -0.05) is 11.3 Å². The zero-order valence-corrected chi connectivity index (χ0v) is 16.5. The van der Waals surface area contributed by atoms with Crippen LogP contribution < -0.4 is 5.32 Å². The quantitative estimate of drug-likeness (QED) is 0.503. The molecule has 148 valence electrons. The number of benzene rings is 2. The van der Waals surface area contributed by atoms with E-state index in [4.69, 9.17) is 0 Å². The van der Waals surface area contributed by atoms with Gasteiger partial charge in [0.05, 0.1) is 22.9 Å². The summed E-state index contributed by atoms with van der Waals surface area (Å²) < 4.78 is 5.68. The molecule has 1 N–H and O–H groups in total. The van der Waals surface area contributed by atoms with Crippen molar-refractivity contribution in [3.05, 3.63) is 73.4 Å². The fourth-order valence-electron chi connectivity index (χ4n) is 3.52. The van der Waals surface area contributed by atoms with Crippen LogP contribution in [0.1, 0.15) is 6.92 Å². The minimum Gasteiger partial charge on any atom is -0.326 e. The second kappa shape index (κ2) is 7.00. The van der Waals surface area contributed by atoms with E-state index in [9.17, 15) is 4.79 Å². The Morgan fingerprint density at radius 2 is 1.83 bits per heavy atom. The predicted molar refractivity (Wildman–Crippen MR) is 115 cm³/mol. The molecule has 0 saturated carbocycles. The number of nitrogens with one attached hydrogen (secondary N) is 1. The molecular weight excluding hydrogens is 378 g/mol. The molecule has 0 fully saturated rings. The first-order chi connectivity index (χ1) is 14.6. The molecule has 0 radical (unpaired) electrons. The largest absolute Gasteiger partial charge is 0.326 e. The molecule has 1 amide bonds. The Hall–Kier alpha value is -4.20. The number of rotatable bonds is 4. The van der Waals surface area contributed by atoms with Crippen LogP contribution in [-0.2, 0) is 11.8 Å². The summed E-state index contributed by atoms with van der Waals surface area (Å²) in [5.41, 5.74) is 6.14. The number of hydrogen-bond donors (Lipinski definition) is 1. The van der Waals surface area contributed by atoms with E-state index in [0.717, 1.165) is 39.4 Å². The van der Waals surface area contributed by atoms with Gasteiger partial charge in [0.2, 0.25) is 5.91 Å². The number of carbonyl (C=O) groups excluding carboxylic acids is 1. The zero-order chi connectivity index (χ0) is 20.7. The molecule has 0 unspecified atom stereocenters. The summed E-state index contributed by atoms with van der Waals surface area (Å²) >= 11 is 0. The molecule has 5 rings (SSSR count). The van der Waals surface area contributed by atoms with E-state index in [2.05, 4.69) is 26.7 Å². The SMILES string of the molecule is CC(=O)Nc1cc(-n2cccc2)cc(-n2cnc3cc(-c4cn(C)nn4)ccc32)c1. The molecule has 8 nitrogen and oxygen atoms in total. The Morgan fingerprint density at radius 1 is 1.03 bits per heavy atom. The maximum atomic E-state index is 11.6. The van der Waals surface area contributed by atoms with Crippen molar-refractivity contribution in [3.8, 4) is 22.6 Å². The van der Waals surface area contributed by atoms with Crippen LogP contribution in [-0.4, -0.2) is 35.0 Å². The van der Waals surface area contributed by atoms with Crippen molar-refractivity contribution in [3.63, 3.8) is 0 Å². The van der Waals surface area contributed by atoms with Gasteiger partial charge in [-0.2, -0.15) is 0 Å². The maximum Gasteiger partial charge on any atom is 0.221 e. The van der Waals surface area contributed by atoms with Gasteiger partial charge < -0.3 is 9.88 Å². The number of aryl methyl sites for hydroxylation is 1. The van der Waals surface area contributed by atoms with E-state index in [1.54, 1.807) is 11.0 Å². The van der Waals surface area contributed by atoms with Crippen LogP contribution in [0.25, 0.3) is 33.7 Å². The van der Waals surface area contributed by atoms with Crippen molar-refractivity contribution in [1.29, 1.82) is 0 Å². The minimum absolute atomic E-state index is 0.116. The average Bonchev–Trinajstić information content (AvgIpc) is 3.47. The van der Waals surface area contributed by atoms with Crippen LogP contribution in [0, 0.1) is 0 Å². The summed E-state index contributed by atoms with van der Waals surface area (Å²) in [6, 6.07) is 15.9. The van der Waals surface area contributed by atoms with Gasteiger partial charge in [0.1, 0.15) is 12.0 Å². The topological polar surface area (TPSA) is 82.6 Å². The van der Waals surface area contributed by atoms with E-state index in [1.807, 2.05) is 77.2 Å². The maximum absolute atomic E-state index is 11.6. The summed E-state index contributed by atoms with van der Waals surface area (Å²) in [6.07, 6.45) is 7.60. The molecular formula is C22H19N7O. The monoisotopic (exact) mass is 397 g/mol. The van der Waals surface area contributed by atoms with Crippen LogP contribution in [0.3, 0.4) is 0 Å². The second-order valence-electron chi connectivity index (χ2n) is 7.11. The third-order valence-corrected chi connectivity index (χ3v) is 4.85. The third-order valence-electron chi connectivity index (χ3n) is 4.85. The number of carbonyl (C=O) groups is 1. The van der Waals surface area contributed by atoms with E-state index in [-0.39, 0.29) is 5.91 Å². The van der Waals surface area contributed by atoms with Gasteiger partial charge in [-0.25, -0.2) is 4.98 Å². The number of amides is 1. The highest BCUT2D eigenvalue weighted by molar-refractivity contribution is 5.90.